The van der Waals surface area contributed by atoms with Crippen molar-refractivity contribution >= 4 is 5.91 Å². The van der Waals surface area contributed by atoms with Crippen molar-refractivity contribution in [3.05, 3.63) is 59.2 Å². The molecule has 1 amide bonds. The van der Waals surface area contributed by atoms with Gasteiger partial charge in [-0.3, -0.25) is 4.79 Å². The van der Waals surface area contributed by atoms with Crippen LogP contribution in [-0.2, 0) is 0 Å². The van der Waals surface area contributed by atoms with Crippen molar-refractivity contribution in [3.63, 3.8) is 0 Å². The van der Waals surface area contributed by atoms with Gasteiger partial charge in [-0.2, -0.15) is 0 Å². The molecule has 4 heteroatoms. The first kappa shape index (κ1) is 16.0. The number of hydrogen-bond donors (Lipinski definition) is 0. The number of rotatable bonds is 2. The molecule has 0 saturated carbocycles. The molecule has 0 bridgehead atoms. The number of fused-ring (bicyclic) bond motifs is 1. The van der Waals surface area contributed by atoms with Gasteiger partial charge in [-0.05, 0) is 38.0 Å². The third-order valence-corrected chi connectivity index (χ3v) is 4.90. The molecule has 2 aromatic carbocycles. The lowest BCUT2D eigenvalue weighted by atomic mass is 10.1. The number of amides is 1. The number of hydrogen-bond acceptors (Lipinski definition) is 3. The van der Waals surface area contributed by atoms with Crippen LogP contribution >= 0.6 is 0 Å². The lowest BCUT2D eigenvalue weighted by molar-refractivity contribution is 0.0486. The zero-order chi connectivity index (χ0) is 17.2. The van der Waals surface area contributed by atoms with Crippen LogP contribution in [0.2, 0.25) is 0 Å². The first-order valence-corrected chi connectivity index (χ1v) is 9.04. The summed E-state index contributed by atoms with van der Waals surface area (Å²) in [5, 5.41) is 0. The van der Waals surface area contributed by atoms with E-state index >= 15 is 0 Å². The summed E-state index contributed by atoms with van der Waals surface area (Å²) in [5.74, 6) is 1.43. The lowest BCUT2D eigenvalue weighted by Crippen LogP contribution is -2.31. The summed E-state index contributed by atoms with van der Waals surface area (Å²) >= 11 is 0. The highest BCUT2D eigenvalue weighted by molar-refractivity contribution is 5.95. The number of likely N-dealkylation sites (tertiary alicyclic amines) is 1. The largest absolute Gasteiger partial charge is 0.447 e. The van der Waals surface area contributed by atoms with Gasteiger partial charge in [-0.25, -0.2) is 0 Å². The van der Waals surface area contributed by atoms with E-state index in [1.54, 1.807) is 0 Å². The second kappa shape index (κ2) is 6.79. The first-order chi connectivity index (χ1) is 12.2. The van der Waals surface area contributed by atoms with E-state index in [9.17, 15) is 4.79 Å². The summed E-state index contributed by atoms with van der Waals surface area (Å²) < 4.78 is 11.8. The maximum atomic E-state index is 12.8. The Morgan fingerprint density at radius 1 is 0.920 bits per heavy atom. The molecule has 4 nitrogen and oxygen atoms in total. The number of ether oxygens (including phenoxy) is 2. The van der Waals surface area contributed by atoms with E-state index < -0.39 is 6.29 Å². The highest BCUT2D eigenvalue weighted by Crippen LogP contribution is 2.41. The molecule has 2 aliphatic rings. The Morgan fingerprint density at radius 2 is 1.60 bits per heavy atom. The third kappa shape index (κ3) is 3.34. The molecule has 1 saturated heterocycles. The predicted molar refractivity (Wildman–Crippen MR) is 96.0 cm³/mol. The van der Waals surface area contributed by atoms with Crippen LogP contribution < -0.4 is 9.47 Å². The van der Waals surface area contributed by atoms with E-state index in [-0.39, 0.29) is 5.91 Å². The monoisotopic (exact) mass is 337 g/mol. The van der Waals surface area contributed by atoms with Crippen molar-refractivity contribution < 1.29 is 14.3 Å². The average molecular weight is 337 g/mol. The van der Waals surface area contributed by atoms with Crippen LogP contribution in [0.1, 0.15) is 53.5 Å². The van der Waals surface area contributed by atoms with Crippen LogP contribution in [0.25, 0.3) is 0 Å². The van der Waals surface area contributed by atoms with Gasteiger partial charge in [0.1, 0.15) is 0 Å². The van der Waals surface area contributed by atoms with Gasteiger partial charge in [0.15, 0.2) is 11.5 Å². The van der Waals surface area contributed by atoms with Crippen molar-refractivity contribution in [2.45, 2.75) is 38.9 Å². The fourth-order valence-corrected chi connectivity index (χ4v) is 3.40. The molecular weight excluding hydrogens is 314 g/mol. The van der Waals surface area contributed by atoms with E-state index in [4.69, 9.17) is 9.47 Å². The smallest absolute Gasteiger partial charge is 0.267 e. The van der Waals surface area contributed by atoms with Crippen LogP contribution in [0.4, 0.5) is 0 Å². The van der Waals surface area contributed by atoms with Crippen molar-refractivity contribution in [2.24, 2.45) is 0 Å². The molecule has 4 rings (SSSR count). The van der Waals surface area contributed by atoms with E-state index in [1.165, 1.54) is 18.4 Å². The summed E-state index contributed by atoms with van der Waals surface area (Å²) in [6.07, 6.45) is 4.16. The summed E-state index contributed by atoms with van der Waals surface area (Å²) in [5.41, 5.74) is 2.85. The van der Waals surface area contributed by atoms with Crippen LogP contribution in [0, 0.1) is 6.92 Å². The van der Waals surface area contributed by atoms with E-state index in [1.807, 2.05) is 47.4 Å². The van der Waals surface area contributed by atoms with Gasteiger partial charge in [-0.1, -0.05) is 42.7 Å². The van der Waals surface area contributed by atoms with Crippen molar-refractivity contribution in [1.82, 2.24) is 4.90 Å². The molecule has 1 atom stereocenters. The van der Waals surface area contributed by atoms with Gasteiger partial charge in [0.2, 0.25) is 0 Å². The van der Waals surface area contributed by atoms with Gasteiger partial charge in [0, 0.05) is 24.2 Å². The first-order valence-electron chi connectivity index (χ1n) is 9.04. The molecule has 2 aromatic rings. The van der Waals surface area contributed by atoms with Crippen LogP contribution in [0.3, 0.4) is 0 Å². The fourth-order valence-electron chi connectivity index (χ4n) is 3.40. The Morgan fingerprint density at radius 3 is 2.32 bits per heavy atom. The van der Waals surface area contributed by atoms with Crippen molar-refractivity contribution in [3.8, 4) is 11.5 Å². The zero-order valence-corrected chi connectivity index (χ0v) is 14.5. The third-order valence-electron chi connectivity index (χ3n) is 4.90. The molecule has 0 aromatic heterocycles. The molecule has 1 unspecified atom stereocenters. The minimum Gasteiger partial charge on any atom is -0.447 e. The van der Waals surface area contributed by atoms with Gasteiger partial charge in [0.25, 0.3) is 12.2 Å². The molecule has 0 radical (unpaired) electrons. The standard InChI is InChI=1S/C21H23NO3/c1-15-6-8-16(9-7-15)21-24-18-11-10-17(14-19(18)25-21)20(23)22-12-4-2-3-5-13-22/h6-11,14,21H,2-5,12-13H2,1H3. The number of carbonyl (C=O) groups excluding carboxylic acids is 1. The normalized spacial score (nSPS) is 19.6. The molecule has 25 heavy (non-hydrogen) atoms. The average Bonchev–Trinajstić information content (AvgIpc) is 2.86. The SMILES string of the molecule is Cc1ccc(C2Oc3ccc(C(=O)N4CCCCCC4)cc3O2)cc1. The van der Waals surface area contributed by atoms with E-state index in [0.717, 1.165) is 31.5 Å². The van der Waals surface area contributed by atoms with Gasteiger partial charge < -0.3 is 14.4 Å². The molecule has 1 fully saturated rings. The van der Waals surface area contributed by atoms with Gasteiger partial charge in [0.05, 0.1) is 0 Å². The predicted octanol–water partition coefficient (Wildman–Crippen LogP) is 4.48. The molecule has 2 aliphatic heterocycles. The Balaban J connectivity index is 1.51. The molecule has 0 N–H and O–H groups in total. The molecule has 0 aliphatic carbocycles. The maximum absolute atomic E-state index is 12.8. The topological polar surface area (TPSA) is 38.8 Å². The molecule has 0 spiro atoms. The summed E-state index contributed by atoms with van der Waals surface area (Å²) in [4.78, 5) is 14.7. The maximum Gasteiger partial charge on any atom is 0.267 e. The van der Waals surface area contributed by atoms with Gasteiger partial charge >= 0.3 is 0 Å². The molecule has 2 heterocycles. The Labute approximate surface area is 148 Å². The Bertz CT molecular complexity index is 761. The van der Waals surface area contributed by atoms with Crippen LogP contribution in [0.15, 0.2) is 42.5 Å². The van der Waals surface area contributed by atoms with Crippen LogP contribution in [0.5, 0.6) is 11.5 Å². The zero-order valence-electron chi connectivity index (χ0n) is 14.5. The van der Waals surface area contributed by atoms with Crippen molar-refractivity contribution in [2.75, 3.05) is 13.1 Å². The van der Waals surface area contributed by atoms with E-state index in [0.29, 0.717) is 17.1 Å². The van der Waals surface area contributed by atoms with Gasteiger partial charge in [-0.15, -0.1) is 0 Å². The Hall–Kier alpha value is -2.49. The lowest BCUT2D eigenvalue weighted by Gasteiger charge is -2.20. The second-order valence-electron chi connectivity index (χ2n) is 6.85. The summed E-state index contributed by atoms with van der Waals surface area (Å²) in [6.45, 7) is 3.74. The van der Waals surface area contributed by atoms with E-state index in [2.05, 4.69) is 6.92 Å². The highest BCUT2D eigenvalue weighted by Gasteiger charge is 2.27. The number of nitrogens with zero attached hydrogens (tertiary/aromatic N) is 1. The minimum absolute atomic E-state index is 0.0899. The molecular formula is C21H23NO3. The Kier molecular flexibility index (Phi) is 4.35. The number of carbonyl (C=O) groups is 1. The second-order valence-corrected chi connectivity index (χ2v) is 6.85. The molecule has 130 valence electrons. The minimum atomic E-state index is -0.445. The summed E-state index contributed by atoms with van der Waals surface area (Å²) in [7, 11) is 0. The summed E-state index contributed by atoms with van der Waals surface area (Å²) in [6, 6.07) is 13.6. The highest BCUT2D eigenvalue weighted by atomic mass is 16.7. The van der Waals surface area contributed by atoms with Crippen LogP contribution in [-0.4, -0.2) is 23.9 Å². The quantitative estimate of drug-likeness (QED) is 0.811. The number of aryl methyl sites for hydroxylation is 1. The number of benzene rings is 2. The van der Waals surface area contributed by atoms with Crippen molar-refractivity contribution in [1.29, 1.82) is 0 Å². The fraction of sp³-hybridized carbons (Fsp3) is 0.381.